The van der Waals surface area contributed by atoms with Crippen molar-refractivity contribution >= 4 is 64.4 Å². The summed E-state index contributed by atoms with van der Waals surface area (Å²) < 4.78 is 18.9. The fourth-order valence-corrected chi connectivity index (χ4v) is 3.75. The molecule has 0 saturated carbocycles. The van der Waals surface area contributed by atoms with Crippen LogP contribution in [-0.2, 0) is 19.1 Å². The van der Waals surface area contributed by atoms with Gasteiger partial charge in [0.05, 0.1) is 18.4 Å². The van der Waals surface area contributed by atoms with Gasteiger partial charge in [0.15, 0.2) is 18.1 Å². The number of rotatable bonds is 7. The zero-order chi connectivity index (χ0) is 25.0. The molecule has 3 amide bonds. The van der Waals surface area contributed by atoms with Gasteiger partial charge in [-0.3, -0.25) is 9.59 Å². The SMILES string of the molecule is C=CCOC(=O)N1C(=O)[C@@H]2CCCN2C(=O)c2cc(OC)c(OCC(=O)OCC(Cl)(Cl)Cl)cc21. The van der Waals surface area contributed by atoms with Crippen LogP contribution in [-0.4, -0.2) is 72.1 Å². The minimum absolute atomic E-state index is 0.0312. The number of carbonyl (C=O) groups excluding carboxylic acids is 4. The zero-order valence-corrected chi connectivity index (χ0v) is 20.3. The van der Waals surface area contributed by atoms with E-state index in [-0.39, 0.29) is 29.4 Å². The number of alkyl halides is 3. The number of nitrogens with zero attached hydrogens (tertiary/aromatic N) is 2. The fraction of sp³-hybridized carbons (Fsp3) is 0.429. The maximum absolute atomic E-state index is 13.3. The molecule has 2 heterocycles. The molecule has 3 rings (SSSR count). The van der Waals surface area contributed by atoms with Gasteiger partial charge in [0.1, 0.15) is 19.3 Å². The Balaban J connectivity index is 1.98. The van der Waals surface area contributed by atoms with E-state index in [2.05, 4.69) is 6.58 Å². The molecule has 0 unspecified atom stereocenters. The number of amides is 3. The van der Waals surface area contributed by atoms with E-state index < -0.39 is 46.9 Å². The first-order valence-corrected chi connectivity index (χ1v) is 11.2. The highest BCUT2D eigenvalue weighted by Crippen LogP contribution is 2.40. The summed E-state index contributed by atoms with van der Waals surface area (Å²) >= 11 is 16.7. The largest absolute Gasteiger partial charge is 0.493 e. The van der Waals surface area contributed by atoms with Gasteiger partial charge in [-0.1, -0.05) is 47.5 Å². The summed E-state index contributed by atoms with van der Waals surface area (Å²) in [6.45, 7) is 2.60. The van der Waals surface area contributed by atoms with E-state index in [1.54, 1.807) is 0 Å². The molecule has 10 nitrogen and oxygen atoms in total. The van der Waals surface area contributed by atoms with Crippen molar-refractivity contribution in [2.24, 2.45) is 0 Å². The van der Waals surface area contributed by atoms with Gasteiger partial charge in [-0.2, -0.15) is 0 Å². The highest BCUT2D eigenvalue weighted by atomic mass is 35.6. The number of esters is 1. The van der Waals surface area contributed by atoms with Gasteiger partial charge in [0, 0.05) is 12.6 Å². The maximum Gasteiger partial charge on any atom is 0.421 e. The maximum atomic E-state index is 13.3. The van der Waals surface area contributed by atoms with Crippen LogP contribution in [0.1, 0.15) is 23.2 Å². The van der Waals surface area contributed by atoms with Crippen molar-refractivity contribution in [3.05, 3.63) is 30.4 Å². The van der Waals surface area contributed by atoms with E-state index >= 15 is 0 Å². The fourth-order valence-electron chi connectivity index (χ4n) is 3.59. The summed E-state index contributed by atoms with van der Waals surface area (Å²) in [7, 11) is 1.33. The number of carbonyl (C=O) groups is 4. The molecule has 1 saturated heterocycles. The van der Waals surface area contributed by atoms with Crippen molar-refractivity contribution in [3.63, 3.8) is 0 Å². The first-order chi connectivity index (χ1) is 16.1. The highest BCUT2D eigenvalue weighted by Gasteiger charge is 2.45. The van der Waals surface area contributed by atoms with Crippen LogP contribution in [0.25, 0.3) is 0 Å². The number of benzene rings is 1. The minimum Gasteiger partial charge on any atom is -0.493 e. The van der Waals surface area contributed by atoms with Crippen LogP contribution < -0.4 is 14.4 Å². The number of anilines is 1. The number of ether oxygens (including phenoxy) is 4. The third kappa shape index (κ3) is 5.68. The van der Waals surface area contributed by atoms with Gasteiger partial charge in [-0.25, -0.2) is 14.5 Å². The van der Waals surface area contributed by atoms with Gasteiger partial charge in [-0.05, 0) is 18.9 Å². The lowest BCUT2D eigenvalue weighted by atomic mass is 10.1. The van der Waals surface area contributed by atoms with Crippen LogP contribution in [0.15, 0.2) is 24.8 Å². The van der Waals surface area contributed by atoms with Crippen LogP contribution in [0, 0.1) is 0 Å². The quantitative estimate of drug-likeness (QED) is 0.297. The van der Waals surface area contributed by atoms with Crippen LogP contribution >= 0.6 is 34.8 Å². The predicted octanol–water partition coefficient (Wildman–Crippen LogP) is 3.26. The Hall–Kier alpha value is -2.69. The molecule has 0 N–H and O–H groups in total. The van der Waals surface area contributed by atoms with Gasteiger partial charge in [0.25, 0.3) is 11.8 Å². The Bertz CT molecular complexity index is 1010. The molecule has 13 heteroatoms. The molecule has 0 aliphatic carbocycles. The molecule has 34 heavy (non-hydrogen) atoms. The monoisotopic (exact) mass is 534 g/mol. The van der Waals surface area contributed by atoms with E-state index in [1.807, 2.05) is 0 Å². The number of methoxy groups -OCH3 is 1. The van der Waals surface area contributed by atoms with E-state index in [0.717, 1.165) is 4.90 Å². The third-order valence-electron chi connectivity index (χ3n) is 5.02. The van der Waals surface area contributed by atoms with Crippen molar-refractivity contribution in [2.75, 3.05) is 38.4 Å². The Morgan fingerprint density at radius 2 is 1.94 bits per heavy atom. The van der Waals surface area contributed by atoms with E-state index in [1.165, 1.54) is 30.2 Å². The molecule has 0 aromatic heterocycles. The van der Waals surface area contributed by atoms with Crippen molar-refractivity contribution in [1.29, 1.82) is 0 Å². The Labute approximate surface area is 210 Å². The first kappa shape index (κ1) is 25.9. The second-order valence-electron chi connectivity index (χ2n) is 7.28. The Morgan fingerprint density at radius 3 is 2.59 bits per heavy atom. The zero-order valence-electron chi connectivity index (χ0n) is 18.1. The number of fused-ring (bicyclic) bond motifs is 2. The van der Waals surface area contributed by atoms with Crippen LogP contribution in [0.2, 0.25) is 0 Å². The Kier molecular flexibility index (Phi) is 8.17. The second kappa shape index (κ2) is 10.7. The summed E-state index contributed by atoms with van der Waals surface area (Å²) in [5.41, 5.74) is -0.0276. The number of halogens is 3. The first-order valence-electron chi connectivity index (χ1n) is 10.1. The molecule has 0 spiro atoms. The molecular weight excluding hydrogens is 515 g/mol. The standard InChI is InChI=1S/C21H21Cl3N2O8/c1-3-7-32-20(30)26-14-9-16(33-10-17(27)34-11-21(22,23)24)15(31-2)8-12(14)18(28)25-6-4-5-13(25)19(26)29/h3,8-9,13H,1,4-7,10-11H2,2H3/t13-/m0/s1. The van der Waals surface area contributed by atoms with Crippen molar-refractivity contribution in [3.8, 4) is 11.5 Å². The summed E-state index contributed by atoms with van der Waals surface area (Å²) in [4.78, 5) is 53.5. The minimum atomic E-state index is -1.79. The summed E-state index contributed by atoms with van der Waals surface area (Å²) in [5, 5.41) is 0. The van der Waals surface area contributed by atoms with E-state index in [4.69, 9.17) is 53.8 Å². The van der Waals surface area contributed by atoms with Gasteiger partial charge in [-0.15, -0.1) is 0 Å². The molecular formula is C21H21Cl3N2O8. The normalized spacial score (nSPS) is 17.5. The van der Waals surface area contributed by atoms with Gasteiger partial charge >= 0.3 is 12.1 Å². The van der Waals surface area contributed by atoms with Gasteiger partial charge in [0.2, 0.25) is 3.79 Å². The summed E-state index contributed by atoms with van der Waals surface area (Å²) in [5.74, 6) is -1.85. The van der Waals surface area contributed by atoms with Crippen LogP contribution in [0.5, 0.6) is 11.5 Å². The molecule has 2 aliphatic rings. The van der Waals surface area contributed by atoms with Crippen LogP contribution in [0.3, 0.4) is 0 Å². The lowest BCUT2D eigenvalue weighted by molar-refractivity contribution is -0.145. The molecule has 1 atom stereocenters. The molecule has 1 aromatic carbocycles. The average Bonchev–Trinajstić information content (AvgIpc) is 3.26. The van der Waals surface area contributed by atoms with E-state index in [0.29, 0.717) is 19.4 Å². The predicted molar refractivity (Wildman–Crippen MR) is 123 cm³/mol. The number of hydrogen-bond acceptors (Lipinski definition) is 8. The van der Waals surface area contributed by atoms with Crippen molar-refractivity contribution < 1.29 is 38.1 Å². The molecule has 2 aliphatic heterocycles. The van der Waals surface area contributed by atoms with Crippen LogP contribution in [0.4, 0.5) is 10.5 Å². The molecule has 0 bridgehead atoms. The second-order valence-corrected chi connectivity index (χ2v) is 9.80. The topological polar surface area (TPSA) is 112 Å². The van der Waals surface area contributed by atoms with Gasteiger partial charge < -0.3 is 23.8 Å². The number of imide groups is 1. The third-order valence-corrected chi connectivity index (χ3v) is 5.35. The molecule has 1 fully saturated rings. The summed E-state index contributed by atoms with van der Waals surface area (Å²) in [6.07, 6.45) is 1.38. The van der Waals surface area contributed by atoms with Crippen molar-refractivity contribution in [1.82, 2.24) is 4.90 Å². The lowest BCUT2D eigenvalue weighted by Crippen LogP contribution is -2.47. The lowest BCUT2D eigenvalue weighted by Gasteiger charge is -2.24. The molecule has 0 radical (unpaired) electrons. The number of hydrogen-bond donors (Lipinski definition) is 0. The van der Waals surface area contributed by atoms with E-state index in [9.17, 15) is 19.2 Å². The molecule has 1 aromatic rings. The Morgan fingerprint density at radius 1 is 1.21 bits per heavy atom. The average molecular weight is 536 g/mol. The summed E-state index contributed by atoms with van der Waals surface area (Å²) in [6, 6.07) is 1.77. The van der Waals surface area contributed by atoms with Crippen molar-refractivity contribution in [2.45, 2.75) is 22.7 Å². The highest BCUT2D eigenvalue weighted by molar-refractivity contribution is 6.67. The molecule has 184 valence electrons. The smallest absolute Gasteiger partial charge is 0.421 e.